The second-order valence-electron chi connectivity index (χ2n) is 6.29. The molecule has 2 atom stereocenters. The fraction of sp³-hybridized carbons (Fsp3) is 0.611. The lowest BCUT2D eigenvalue weighted by Crippen LogP contribution is -2.48. The molecule has 1 aromatic rings. The molecule has 0 aromatic heterocycles. The average molecular weight is 334 g/mol. The Bertz CT molecular complexity index is 546. The van der Waals surface area contributed by atoms with Gasteiger partial charge in [-0.2, -0.15) is 0 Å². The summed E-state index contributed by atoms with van der Waals surface area (Å²) in [6, 6.07) is 7.40. The van der Waals surface area contributed by atoms with Gasteiger partial charge in [-0.25, -0.2) is 0 Å². The van der Waals surface area contributed by atoms with Gasteiger partial charge in [-0.3, -0.25) is 9.69 Å². The van der Waals surface area contributed by atoms with Crippen LogP contribution in [0.5, 0.6) is 5.75 Å². The number of carbonyl (C=O) groups excluding carboxylic acids is 1. The van der Waals surface area contributed by atoms with Crippen LogP contribution < -0.4 is 10.1 Å². The van der Waals surface area contributed by atoms with E-state index in [0.717, 1.165) is 50.5 Å². The van der Waals surface area contributed by atoms with Gasteiger partial charge in [-0.1, -0.05) is 6.07 Å². The van der Waals surface area contributed by atoms with Crippen molar-refractivity contribution in [2.24, 2.45) is 0 Å². The number of nitrogens with zero attached hydrogens (tertiary/aromatic N) is 1. The molecule has 6 heteroatoms. The van der Waals surface area contributed by atoms with E-state index in [0.29, 0.717) is 13.0 Å². The Kier molecular flexibility index (Phi) is 6.07. The minimum absolute atomic E-state index is 0.0170. The highest BCUT2D eigenvalue weighted by molar-refractivity contribution is 5.91. The van der Waals surface area contributed by atoms with Crippen LogP contribution in [0.25, 0.3) is 0 Å². The van der Waals surface area contributed by atoms with Gasteiger partial charge in [-0.05, 0) is 25.0 Å². The third-order valence-electron chi connectivity index (χ3n) is 4.57. The number of amides is 1. The second kappa shape index (κ2) is 8.46. The molecular formula is C18H26N2O4. The summed E-state index contributed by atoms with van der Waals surface area (Å²) in [5.41, 5.74) is 0.763. The van der Waals surface area contributed by atoms with E-state index in [2.05, 4.69) is 10.2 Å². The molecule has 0 saturated carbocycles. The zero-order valence-corrected chi connectivity index (χ0v) is 14.2. The summed E-state index contributed by atoms with van der Waals surface area (Å²) in [7, 11) is 1.61. The third-order valence-corrected chi connectivity index (χ3v) is 4.57. The van der Waals surface area contributed by atoms with Crippen molar-refractivity contribution in [2.75, 3.05) is 45.3 Å². The summed E-state index contributed by atoms with van der Waals surface area (Å²) in [6.07, 6.45) is 3.03. The number of benzene rings is 1. The lowest BCUT2D eigenvalue weighted by Gasteiger charge is -2.35. The minimum Gasteiger partial charge on any atom is -0.497 e. The molecule has 1 amide bonds. The van der Waals surface area contributed by atoms with Gasteiger partial charge in [0.1, 0.15) is 5.75 Å². The van der Waals surface area contributed by atoms with Crippen LogP contribution in [0.3, 0.4) is 0 Å². The summed E-state index contributed by atoms with van der Waals surface area (Å²) in [5.74, 6) is 0.754. The van der Waals surface area contributed by atoms with Gasteiger partial charge in [-0.15, -0.1) is 0 Å². The zero-order chi connectivity index (χ0) is 16.8. The predicted octanol–water partition coefficient (Wildman–Crippen LogP) is 1.90. The second-order valence-corrected chi connectivity index (χ2v) is 6.29. The van der Waals surface area contributed by atoms with Crippen LogP contribution in [0, 0.1) is 0 Å². The van der Waals surface area contributed by atoms with E-state index >= 15 is 0 Å². The Morgan fingerprint density at radius 1 is 1.33 bits per heavy atom. The van der Waals surface area contributed by atoms with Crippen LogP contribution in [0.4, 0.5) is 5.69 Å². The Labute approximate surface area is 143 Å². The van der Waals surface area contributed by atoms with Crippen molar-refractivity contribution < 1.29 is 19.0 Å². The average Bonchev–Trinajstić information content (AvgIpc) is 3.15. The van der Waals surface area contributed by atoms with Crippen LogP contribution in [-0.4, -0.2) is 63.0 Å². The normalized spacial score (nSPS) is 24.7. The van der Waals surface area contributed by atoms with E-state index in [4.69, 9.17) is 14.2 Å². The minimum atomic E-state index is 0.0170. The van der Waals surface area contributed by atoms with Crippen molar-refractivity contribution in [3.63, 3.8) is 0 Å². The number of morpholine rings is 1. The first-order valence-corrected chi connectivity index (χ1v) is 8.64. The van der Waals surface area contributed by atoms with Gasteiger partial charge >= 0.3 is 0 Å². The first kappa shape index (κ1) is 17.2. The molecule has 2 heterocycles. The third kappa shape index (κ3) is 4.69. The number of ether oxygens (including phenoxy) is 3. The fourth-order valence-corrected chi connectivity index (χ4v) is 3.24. The maximum absolute atomic E-state index is 12.2. The number of nitrogens with one attached hydrogen (secondary N) is 1. The van der Waals surface area contributed by atoms with Gasteiger partial charge in [0.25, 0.3) is 0 Å². The van der Waals surface area contributed by atoms with E-state index in [9.17, 15) is 4.79 Å². The van der Waals surface area contributed by atoms with Gasteiger partial charge in [0, 0.05) is 44.4 Å². The molecule has 1 N–H and O–H groups in total. The van der Waals surface area contributed by atoms with Crippen molar-refractivity contribution >= 4 is 11.6 Å². The molecule has 6 nitrogen and oxygen atoms in total. The molecule has 2 fully saturated rings. The molecule has 0 aliphatic carbocycles. The molecule has 0 spiro atoms. The summed E-state index contributed by atoms with van der Waals surface area (Å²) >= 11 is 0. The summed E-state index contributed by atoms with van der Waals surface area (Å²) in [5, 5.41) is 2.92. The van der Waals surface area contributed by atoms with Gasteiger partial charge in [0.2, 0.25) is 5.91 Å². The quantitative estimate of drug-likeness (QED) is 0.861. The molecule has 3 rings (SSSR count). The maximum Gasteiger partial charge on any atom is 0.225 e. The van der Waals surface area contributed by atoms with Gasteiger partial charge in [0.05, 0.1) is 25.9 Å². The van der Waals surface area contributed by atoms with Crippen molar-refractivity contribution in [1.82, 2.24) is 4.90 Å². The van der Waals surface area contributed by atoms with E-state index in [-0.39, 0.29) is 18.1 Å². The molecule has 2 aliphatic heterocycles. The Morgan fingerprint density at radius 3 is 3.00 bits per heavy atom. The monoisotopic (exact) mass is 334 g/mol. The molecule has 2 saturated heterocycles. The number of rotatable bonds is 6. The molecule has 0 unspecified atom stereocenters. The highest BCUT2D eigenvalue weighted by Crippen LogP contribution is 2.21. The maximum atomic E-state index is 12.2. The number of carbonyl (C=O) groups is 1. The summed E-state index contributed by atoms with van der Waals surface area (Å²) in [4.78, 5) is 14.5. The number of hydrogen-bond acceptors (Lipinski definition) is 5. The van der Waals surface area contributed by atoms with Gasteiger partial charge in [0.15, 0.2) is 0 Å². The molecule has 0 bridgehead atoms. The van der Waals surface area contributed by atoms with Crippen LogP contribution in [-0.2, 0) is 14.3 Å². The predicted molar refractivity (Wildman–Crippen MR) is 91.4 cm³/mol. The fourth-order valence-electron chi connectivity index (χ4n) is 3.24. The largest absolute Gasteiger partial charge is 0.497 e. The SMILES string of the molecule is COc1cccc(NC(=O)CCN2CCO[C@H]([C@@H]3CCCO3)C2)c1. The molecular weight excluding hydrogens is 308 g/mol. The van der Waals surface area contributed by atoms with Crippen molar-refractivity contribution in [1.29, 1.82) is 0 Å². The first-order valence-electron chi connectivity index (χ1n) is 8.64. The van der Waals surface area contributed by atoms with Crippen LogP contribution in [0.15, 0.2) is 24.3 Å². The van der Waals surface area contributed by atoms with E-state index in [1.54, 1.807) is 7.11 Å². The Balaban J connectivity index is 1.43. The highest BCUT2D eigenvalue weighted by atomic mass is 16.5. The van der Waals surface area contributed by atoms with Gasteiger partial charge < -0.3 is 19.5 Å². The lowest BCUT2D eigenvalue weighted by molar-refractivity contribution is -0.118. The van der Waals surface area contributed by atoms with Crippen molar-refractivity contribution in [3.05, 3.63) is 24.3 Å². The topological polar surface area (TPSA) is 60.0 Å². The van der Waals surface area contributed by atoms with Crippen LogP contribution in [0.1, 0.15) is 19.3 Å². The van der Waals surface area contributed by atoms with Crippen molar-refractivity contribution in [3.8, 4) is 5.75 Å². The molecule has 0 radical (unpaired) electrons. The van der Waals surface area contributed by atoms with Crippen molar-refractivity contribution in [2.45, 2.75) is 31.5 Å². The number of anilines is 1. The summed E-state index contributed by atoms with van der Waals surface area (Å²) in [6.45, 7) is 4.00. The van der Waals surface area contributed by atoms with E-state index in [1.807, 2.05) is 24.3 Å². The Morgan fingerprint density at radius 2 is 2.21 bits per heavy atom. The lowest BCUT2D eigenvalue weighted by atomic mass is 10.1. The molecule has 132 valence electrons. The number of methoxy groups -OCH3 is 1. The first-order chi connectivity index (χ1) is 11.7. The smallest absolute Gasteiger partial charge is 0.225 e. The highest BCUT2D eigenvalue weighted by Gasteiger charge is 2.31. The van der Waals surface area contributed by atoms with E-state index < -0.39 is 0 Å². The summed E-state index contributed by atoms with van der Waals surface area (Å²) < 4.78 is 16.7. The molecule has 2 aliphatic rings. The Hall–Kier alpha value is -1.63. The molecule has 24 heavy (non-hydrogen) atoms. The zero-order valence-electron chi connectivity index (χ0n) is 14.2. The molecule has 1 aromatic carbocycles. The van der Waals surface area contributed by atoms with E-state index in [1.165, 1.54) is 0 Å². The van der Waals surface area contributed by atoms with Crippen LogP contribution in [0.2, 0.25) is 0 Å². The standard InChI is InChI=1S/C18H26N2O4/c1-22-15-5-2-4-14(12-15)19-18(21)7-8-20-9-11-24-17(13-20)16-6-3-10-23-16/h2,4-5,12,16-17H,3,6-11,13H2,1H3,(H,19,21)/t16-,17-/m0/s1. The van der Waals surface area contributed by atoms with Crippen LogP contribution >= 0.6 is 0 Å². The number of hydrogen-bond donors (Lipinski definition) is 1.